The molecular formula is C17H21N7O. The number of hydrogen-bond acceptors (Lipinski definition) is 6. The van der Waals surface area contributed by atoms with E-state index in [0.29, 0.717) is 6.54 Å². The molecule has 0 unspecified atom stereocenters. The Morgan fingerprint density at radius 2 is 2.04 bits per heavy atom. The molecule has 1 aliphatic heterocycles. The number of benzene rings is 1. The van der Waals surface area contributed by atoms with E-state index in [1.54, 1.807) is 4.68 Å². The van der Waals surface area contributed by atoms with E-state index in [1.165, 1.54) is 5.56 Å². The molecule has 1 aliphatic rings. The molecule has 3 heterocycles. The van der Waals surface area contributed by atoms with E-state index < -0.39 is 0 Å². The number of para-hydroxylation sites is 1. The van der Waals surface area contributed by atoms with E-state index in [-0.39, 0.29) is 18.4 Å². The standard InChI is InChI=1S/C17H21N7O/c1-22-8-13(7-18-22)16-10-23(9-14(16)12-25)11-17-19-20-21-24(17)15-5-3-2-4-6-15/h2-8,14,16,25H,9-12H2,1H3/t14-,16-/m0/s1. The minimum Gasteiger partial charge on any atom is -0.396 e. The van der Waals surface area contributed by atoms with E-state index in [4.69, 9.17) is 0 Å². The topological polar surface area (TPSA) is 84.9 Å². The van der Waals surface area contributed by atoms with Crippen LogP contribution in [-0.2, 0) is 13.6 Å². The molecule has 4 rings (SSSR count). The Morgan fingerprint density at radius 1 is 1.20 bits per heavy atom. The van der Waals surface area contributed by atoms with Gasteiger partial charge in [0.1, 0.15) is 0 Å². The molecule has 2 aromatic heterocycles. The molecule has 8 heteroatoms. The highest BCUT2D eigenvalue weighted by molar-refractivity contribution is 5.30. The van der Waals surface area contributed by atoms with Crippen LogP contribution >= 0.6 is 0 Å². The van der Waals surface area contributed by atoms with Crippen molar-refractivity contribution >= 4 is 0 Å². The van der Waals surface area contributed by atoms with Gasteiger partial charge in [0.2, 0.25) is 0 Å². The molecule has 25 heavy (non-hydrogen) atoms. The molecule has 1 aromatic carbocycles. The van der Waals surface area contributed by atoms with Gasteiger partial charge in [0.25, 0.3) is 0 Å². The fourth-order valence-corrected chi connectivity index (χ4v) is 3.56. The fraction of sp³-hybridized carbons (Fsp3) is 0.412. The molecule has 2 atom stereocenters. The number of aromatic nitrogens is 6. The van der Waals surface area contributed by atoms with Gasteiger partial charge in [0.15, 0.2) is 5.82 Å². The number of aryl methyl sites for hydroxylation is 1. The molecule has 0 radical (unpaired) electrons. The van der Waals surface area contributed by atoms with Crippen molar-refractivity contribution in [1.82, 2.24) is 34.9 Å². The Balaban J connectivity index is 1.52. The lowest BCUT2D eigenvalue weighted by molar-refractivity contribution is 0.213. The van der Waals surface area contributed by atoms with Crippen molar-refractivity contribution < 1.29 is 5.11 Å². The zero-order valence-electron chi connectivity index (χ0n) is 14.1. The summed E-state index contributed by atoms with van der Waals surface area (Å²) in [7, 11) is 1.91. The first kappa shape index (κ1) is 15.9. The Kier molecular flexibility index (Phi) is 4.29. The summed E-state index contributed by atoms with van der Waals surface area (Å²) < 4.78 is 3.58. The third kappa shape index (κ3) is 3.18. The van der Waals surface area contributed by atoms with Crippen LogP contribution in [0, 0.1) is 5.92 Å². The van der Waals surface area contributed by atoms with Gasteiger partial charge < -0.3 is 5.11 Å². The van der Waals surface area contributed by atoms with Gasteiger partial charge in [-0.2, -0.15) is 9.78 Å². The maximum atomic E-state index is 9.78. The Hall–Kier alpha value is -2.58. The average Bonchev–Trinajstić information content (AvgIpc) is 3.35. The number of likely N-dealkylation sites (tertiary alicyclic amines) is 1. The molecule has 130 valence electrons. The van der Waals surface area contributed by atoms with Crippen LogP contribution in [0.25, 0.3) is 5.69 Å². The second kappa shape index (κ2) is 6.73. The molecule has 8 nitrogen and oxygen atoms in total. The fourth-order valence-electron chi connectivity index (χ4n) is 3.56. The monoisotopic (exact) mass is 339 g/mol. The highest BCUT2D eigenvalue weighted by atomic mass is 16.3. The maximum Gasteiger partial charge on any atom is 0.170 e. The van der Waals surface area contributed by atoms with E-state index in [2.05, 4.69) is 25.5 Å². The molecule has 1 fully saturated rings. The summed E-state index contributed by atoms with van der Waals surface area (Å²) in [5.74, 6) is 1.28. The molecule has 3 aromatic rings. The van der Waals surface area contributed by atoms with E-state index >= 15 is 0 Å². The lowest BCUT2D eigenvalue weighted by atomic mass is 9.92. The van der Waals surface area contributed by atoms with Crippen LogP contribution < -0.4 is 0 Å². The van der Waals surface area contributed by atoms with E-state index in [9.17, 15) is 5.11 Å². The predicted octanol–water partition coefficient (Wildman–Crippen LogP) is 0.604. The Bertz CT molecular complexity index is 828. The van der Waals surface area contributed by atoms with Gasteiger partial charge in [0, 0.05) is 44.8 Å². The van der Waals surface area contributed by atoms with Crippen molar-refractivity contribution in [3.63, 3.8) is 0 Å². The normalized spacial score (nSPS) is 21.0. The van der Waals surface area contributed by atoms with Crippen LogP contribution in [0.5, 0.6) is 0 Å². The van der Waals surface area contributed by atoms with Crippen LogP contribution in [0.2, 0.25) is 0 Å². The molecule has 1 saturated heterocycles. The van der Waals surface area contributed by atoms with E-state index in [1.807, 2.05) is 54.5 Å². The van der Waals surface area contributed by atoms with Crippen molar-refractivity contribution in [1.29, 1.82) is 0 Å². The first-order chi connectivity index (χ1) is 12.2. The summed E-state index contributed by atoms with van der Waals surface area (Å²) in [6, 6.07) is 9.88. The van der Waals surface area contributed by atoms with Crippen molar-refractivity contribution in [3.05, 3.63) is 54.1 Å². The minimum atomic E-state index is 0.166. The van der Waals surface area contributed by atoms with Gasteiger partial charge in [0.05, 0.1) is 18.4 Å². The number of aliphatic hydroxyl groups is 1. The first-order valence-corrected chi connectivity index (χ1v) is 8.39. The Morgan fingerprint density at radius 3 is 2.76 bits per heavy atom. The predicted molar refractivity (Wildman–Crippen MR) is 91.0 cm³/mol. The van der Waals surface area contributed by atoms with Crippen LogP contribution in [0.3, 0.4) is 0 Å². The smallest absolute Gasteiger partial charge is 0.170 e. The summed E-state index contributed by atoms with van der Waals surface area (Å²) in [6.07, 6.45) is 3.93. The third-order valence-electron chi connectivity index (χ3n) is 4.80. The van der Waals surface area contributed by atoms with Crippen LogP contribution in [-0.4, -0.2) is 59.7 Å². The Labute approximate surface area is 145 Å². The van der Waals surface area contributed by atoms with Crippen molar-refractivity contribution in [3.8, 4) is 5.69 Å². The zero-order chi connectivity index (χ0) is 17.2. The number of rotatable bonds is 5. The highest BCUT2D eigenvalue weighted by Crippen LogP contribution is 2.32. The second-order valence-electron chi connectivity index (χ2n) is 6.53. The molecule has 0 saturated carbocycles. The molecule has 1 N–H and O–H groups in total. The first-order valence-electron chi connectivity index (χ1n) is 8.39. The number of tetrazole rings is 1. The third-order valence-corrected chi connectivity index (χ3v) is 4.80. The summed E-state index contributed by atoms with van der Waals surface area (Å²) in [5.41, 5.74) is 2.12. The second-order valence-corrected chi connectivity index (χ2v) is 6.53. The number of aliphatic hydroxyl groups excluding tert-OH is 1. The molecule has 0 amide bonds. The quantitative estimate of drug-likeness (QED) is 0.733. The average molecular weight is 339 g/mol. The zero-order valence-corrected chi connectivity index (χ0v) is 14.1. The molecule has 0 spiro atoms. The van der Waals surface area contributed by atoms with Gasteiger partial charge in [-0.25, -0.2) is 0 Å². The van der Waals surface area contributed by atoms with Gasteiger partial charge in [-0.15, -0.1) is 5.10 Å². The summed E-state index contributed by atoms with van der Waals surface area (Å²) in [6.45, 7) is 2.49. The van der Waals surface area contributed by atoms with Crippen molar-refractivity contribution in [2.24, 2.45) is 13.0 Å². The van der Waals surface area contributed by atoms with Gasteiger partial charge >= 0.3 is 0 Å². The molecule has 0 bridgehead atoms. The molecule has 0 aliphatic carbocycles. The summed E-state index contributed by atoms with van der Waals surface area (Å²) in [5, 5.41) is 26.2. The number of hydrogen-bond donors (Lipinski definition) is 1. The lowest BCUT2D eigenvalue weighted by Crippen LogP contribution is -2.23. The minimum absolute atomic E-state index is 0.166. The van der Waals surface area contributed by atoms with Crippen LogP contribution in [0.1, 0.15) is 17.3 Å². The summed E-state index contributed by atoms with van der Waals surface area (Å²) >= 11 is 0. The SMILES string of the molecule is Cn1cc([C@@H]2CN(Cc3nnnn3-c3ccccc3)C[C@H]2CO)cn1. The van der Waals surface area contributed by atoms with Gasteiger partial charge in [-0.1, -0.05) is 18.2 Å². The molecular weight excluding hydrogens is 318 g/mol. The highest BCUT2D eigenvalue weighted by Gasteiger charge is 2.34. The van der Waals surface area contributed by atoms with Crippen molar-refractivity contribution in [2.45, 2.75) is 12.5 Å². The van der Waals surface area contributed by atoms with Gasteiger partial charge in [-0.05, 0) is 28.1 Å². The van der Waals surface area contributed by atoms with Gasteiger partial charge in [-0.3, -0.25) is 9.58 Å². The van der Waals surface area contributed by atoms with Crippen LogP contribution in [0.15, 0.2) is 42.7 Å². The largest absolute Gasteiger partial charge is 0.396 e. The summed E-state index contributed by atoms with van der Waals surface area (Å²) in [4.78, 5) is 2.30. The van der Waals surface area contributed by atoms with Crippen molar-refractivity contribution in [2.75, 3.05) is 19.7 Å². The number of nitrogens with zero attached hydrogens (tertiary/aromatic N) is 7. The maximum absolute atomic E-state index is 9.78. The van der Waals surface area contributed by atoms with Crippen LogP contribution in [0.4, 0.5) is 0 Å². The lowest BCUT2D eigenvalue weighted by Gasteiger charge is -2.15. The van der Waals surface area contributed by atoms with E-state index in [0.717, 1.165) is 24.6 Å².